The van der Waals surface area contributed by atoms with Gasteiger partial charge in [-0.1, -0.05) is 6.92 Å². The van der Waals surface area contributed by atoms with Crippen molar-refractivity contribution in [3.8, 4) is 0 Å². The van der Waals surface area contributed by atoms with Crippen molar-refractivity contribution in [3.05, 3.63) is 17.8 Å². The number of hydrogen-bond acceptors (Lipinski definition) is 5. The third kappa shape index (κ3) is 2.24. The smallest absolute Gasteiger partial charge is 0.245 e. The zero-order valence-electron chi connectivity index (χ0n) is 11.1. The standard InChI is InChI=1S/C12H20N6/c1-4-6-17(5-2)12-14-11(15-13)10-7-9(3)8-18(10)16-12/h7-8H,4-6,13H2,1-3H3,(H,14,15,16). The summed E-state index contributed by atoms with van der Waals surface area (Å²) in [5, 5.41) is 4.53. The van der Waals surface area contributed by atoms with Crippen molar-refractivity contribution < 1.29 is 0 Å². The summed E-state index contributed by atoms with van der Waals surface area (Å²) in [6.45, 7) is 8.08. The van der Waals surface area contributed by atoms with Crippen LogP contribution in [0.25, 0.3) is 5.52 Å². The van der Waals surface area contributed by atoms with Crippen molar-refractivity contribution in [2.45, 2.75) is 27.2 Å². The first kappa shape index (κ1) is 12.6. The fourth-order valence-electron chi connectivity index (χ4n) is 2.03. The highest BCUT2D eigenvalue weighted by atomic mass is 15.4. The summed E-state index contributed by atoms with van der Waals surface area (Å²) < 4.78 is 1.82. The van der Waals surface area contributed by atoms with E-state index < -0.39 is 0 Å². The van der Waals surface area contributed by atoms with Crippen LogP contribution in [0.3, 0.4) is 0 Å². The summed E-state index contributed by atoms with van der Waals surface area (Å²) in [5.74, 6) is 6.90. The molecule has 2 heterocycles. The first-order valence-corrected chi connectivity index (χ1v) is 6.28. The van der Waals surface area contributed by atoms with E-state index in [1.807, 2.05) is 23.7 Å². The molecule has 98 valence electrons. The maximum absolute atomic E-state index is 5.54. The number of nitrogens with zero attached hydrogens (tertiary/aromatic N) is 4. The molecule has 0 saturated heterocycles. The molecule has 2 aromatic heterocycles. The lowest BCUT2D eigenvalue weighted by Crippen LogP contribution is -2.27. The van der Waals surface area contributed by atoms with Gasteiger partial charge in [-0.3, -0.25) is 0 Å². The summed E-state index contributed by atoms with van der Waals surface area (Å²) in [4.78, 5) is 6.61. The Morgan fingerprint density at radius 3 is 2.83 bits per heavy atom. The topological polar surface area (TPSA) is 71.5 Å². The highest BCUT2D eigenvalue weighted by molar-refractivity contribution is 5.69. The number of nitrogens with two attached hydrogens (primary N) is 1. The largest absolute Gasteiger partial charge is 0.340 e. The molecule has 0 fully saturated rings. The van der Waals surface area contributed by atoms with E-state index in [-0.39, 0.29) is 0 Å². The van der Waals surface area contributed by atoms with Gasteiger partial charge in [-0.25, -0.2) is 10.4 Å². The van der Waals surface area contributed by atoms with Crippen LogP contribution in [0.5, 0.6) is 0 Å². The third-order valence-electron chi connectivity index (χ3n) is 2.88. The van der Waals surface area contributed by atoms with Crippen LogP contribution in [0.4, 0.5) is 11.8 Å². The van der Waals surface area contributed by atoms with Crippen LogP contribution in [-0.2, 0) is 0 Å². The van der Waals surface area contributed by atoms with Crippen molar-refractivity contribution in [2.75, 3.05) is 23.4 Å². The summed E-state index contributed by atoms with van der Waals surface area (Å²) in [7, 11) is 0. The molecule has 0 aliphatic rings. The molecule has 0 saturated carbocycles. The van der Waals surface area contributed by atoms with Gasteiger partial charge in [-0.2, -0.15) is 4.98 Å². The Labute approximate surface area is 107 Å². The molecule has 0 amide bonds. The number of hydrogen-bond donors (Lipinski definition) is 2. The number of aryl methyl sites for hydroxylation is 1. The molecule has 0 radical (unpaired) electrons. The van der Waals surface area contributed by atoms with Gasteiger partial charge in [0.25, 0.3) is 0 Å². The van der Waals surface area contributed by atoms with Crippen LogP contribution in [0.2, 0.25) is 0 Å². The lowest BCUT2D eigenvalue weighted by molar-refractivity contribution is 0.739. The number of fused-ring (bicyclic) bond motifs is 1. The average Bonchev–Trinajstić information content (AvgIpc) is 2.74. The maximum Gasteiger partial charge on any atom is 0.245 e. The minimum Gasteiger partial charge on any atom is -0.340 e. The molecule has 6 heteroatoms. The van der Waals surface area contributed by atoms with Gasteiger partial charge in [0.15, 0.2) is 5.82 Å². The number of rotatable bonds is 5. The van der Waals surface area contributed by atoms with Crippen molar-refractivity contribution in [2.24, 2.45) is 5.84 Å². The van der Waals surface area contributed by atoms with Crippen LogP contribution in [0.1, 0.15) is 25.8 Å². The monoisotopic (exact) mass is 248 g/mol. The summed E-state index contributed by atoms with van der Waals surface area (Å²) in [6, 6.07) is 2.01. The molecular formula is C12H20N6. The van der Waals surface area contributed by atoms with Crippen molar-refractivity contribution in [1.82, 2.24) is 14.6 Å². The lowest BCUT2D eigenvalue weighted by atomic mass is 10.4. The molecule has 0 aliphatic heterocycles. The van der Waals surface area contributed by atoms with Gasteiger partial charge in [0.05, 0.1) is 0 Å². The van der Waals surface area contributed by atoms with Gasteiger partial charge >= 0.3 is 0 Å². The highest BCUT2D eigenvalue weighted by Gasteiger charge is 2.12. The quantitative estimate of drug-likeness (QED) is 0.620. The Bertz CT molecular complexity index is 533. The predicted molar refractivity (Wildman–Crippen MR) is 73.7 cm³/mol. The van der Waals surface area contributed by atoms with Gasteiger partial charge in [0, 0.05) is 19.3 Å². The average molecular weight is 248 g/mol. The summed E-state index contributed by atoms with van der Waals surface area (Å²) in [6.07, 6.45) is 3.03. The number of hydrazine groups is 1. The highest BCUT2D eigenvalue weighted by Crippen LogP contribution is 2.19. The van der Waals surface area contributed by atoms with Crippen LogP contribution in [-0.4, -0.2) is 27.7 Å². The normalized spacial score (nSPS) is 10.9. The van der Waals surface area contributed by atoms with E-state index in [4.69, 9.17) is 5.84 Å². The van der Waals surface area contributed by atoms with E-state index in [0.717, 1.165) is 30.6 Å². The molecule has 0 aromatic carbocycles. The lowest BCUT2D eigenvalue weighted by Gasteiger charge is -2.20. The summed E-state index contributed by atoms with van der Waals surface area (Å²) in [5.41, 5.74) is 4.68. The molecular weight excluding hydrogens is 228 g/mol. The van der Waals surface area contributed by atoms with Crippen LogP contribution >= 0.6 is 0 Å². The molecule has 18 heavy (non-hydrogen) atoms. The van der Waals surface area contributed by atoms with E-state index >= 15 is 0 Å². The second kappa shape index (κ2) is 5.22. The van der Waals surface area contributed by atoms with E-state index in [1.165, 1.54) is 0 Å². The Kier molecular flexibility index (Phi) is 3.66. The van der Waals surface area contributed by atoms with E-state index in [2.05, 4.69) is 34.3 Å². The van der Waals surface area contributed by atoms with E-state index in [9.17, 15) is 0 Å². The third-order valence-corrected chi connectivity index (χ3v) is 2.88. The fraction of sp³-hybridized carbons (Fsp3) is 0.500. The van der Waals surface area contributed by atoms with Crippen LogP contribution in [0.15, 0.2) is 12.3 Å². The first-order valence-electron chi connectivity index (χ1n) is 6.28. The Balaban J connectivity index is 2.51. The van der Waals surface area contributed by atoms with E-state index in [1.54, 1.807) is 0 Å². The second-order valence-electron chi connectivity index (χ2n) is 4.33. The number of nitrogens with one attached hydrogen (secondary N) is 1. The number of aromatic nitrogens is 3. The van der Waals surface area contributed by atoms with Crippen LogP contribution in [0, 0.1) is 6.92 Å². The minimum absolute atomic E-state index is 0.655. The SMILES string of the molecule is CCCN(CC)c1nc(NN)c2cc(C)cn2n1. The molecule has 6 nitrogen and oxygen atoms in total. The Morgan fingerprint density at radius 1 is 1.44 bits per heavy atom. The Hall–Kier alpha value is -1.82. The zero-order chi connectivity index (χ0) is 13.1. The van der Waals surface area contributed by atoms with Crippen molar-refractivity contribution >= 4 is 17.3 Å². The van der Waals surface area contributed by atoms with Gasteiger partial charge in [0.2, 0.25) is 5.95 Å². The molecule has 0 atom stereocenters. The fourth-order valence-corrected chi connectivity index (χ4v) is 2.03. The summed E-state index contributed by atoms with van der Waals surface area (Å²) >= 11 is 0. The molecule has 3 N–H and O–H groups in total. The van der Waals surface area contributed by atoms with Gasteiger partial charge < -0.3 is 10.3 Å². The van der Waals surface area contributed by atoms with Crippen molar-refractivity contribution in [1.29, 1.82) is 0 Å². The van der Waals surface area contributed by atoms with Gasteiger partial charge in [-0.05, 0) is 31.9 Å². The number of anilines is 2. The molecule has 0 aliphatic carbocycles. The maximum atomic E-state index is 5.54. The Morgan fingerprint density at radius 2 is 2.22 bits per heavy atom. The first-order chi connectivity index (χ1) is 8.69. The predicted octanol–water partition coefficient (Wildman–Crippen LogP) is 1.56. The van der Waals surface area contributed by atoms with Crippen LogP contribution < -0.4 is 16.2 Å². The zero-order valence-corrected chi connectivity index (χ0v) is 11.1. The second-order valence-corrected chi connectivity index (χ2v) is 4.33. The van der Waals surface area contributed by atoms with E-state index in [0.29, 0.717) is 11.8 Å². The number of nitrogen functional groups attached to an aromatic ring is 1. The molecule has 2 aromatic rings. The van der Waals surface area contributed by atoms with Gasteiger partial charge in [-0.15, -0.1) is 5.10 Å². The molecule has 0 unspecified atom stereocenters. The molecule has 0 bridgehead atoms. The minimum atomic E-state index is 0.655. The molecule has 0 spiro atoms. The molecule has 2 rings (SSSR count). The van der Waals surface area contributed by atoms with Gasteiger partial charge in [0.1, 0.15) is 5.52 Å². The van der Waals surface area contributed by atoms with Crippen molar-refractivity contribution in [3.63, 3.8) is 0 Å².